The van der Waals surface area contributed by atoms with Crippen LogP contribution in [-0.4, -0.2) is 48.1 Å². The van der Waals surface area contributed by atoms with Gasteiger partial charge in [-0.3, -0.25) is 4.79 Å². The smallest absolute Gasteiger partial charge is 0.326 e. The summed E-state index contributed by atoms with van der Waals surface area (Å²) in [4.78, 5) is 24.8. The van der Waals surface area contributed by atoms with Crippen LogP contribution in [0.5, 0.6) is 0 Å². The first-order valence-electron chi connectivity index (χ1n) is 7.07. The van der Waals surface area contributed by atoms with E-state index in [0.717, 1.165) is 0 Å². The van der Waals surface area contributed by atoms with Crippen LogP contribution in [0, 0.1) is 5.92 Å². The molecule has 1 heterocycles. The summed E-state index contributed by atoms with van der Waals surface area (Å²) in [6.45, 7) is 3.26. The van der Waals surface area contributed by atoms with Crippen LogP contribution in [0.4, 0.5) is 0 Å². The molecule has 1 aromatic rings. The number of benzene rings is 1. The van der Waals surface area contributed by atoms with Crippen LogP contribution in [0.15, 0.2) is 35.2 Å². The fourth-order valence-electron chi connectivity index (χ4n) is 2.63. The Labute approximate surface area is 129 Å². The number of carbonyl (C=O) groups is 2. The quantitative estimate of drug-likeness (QED) is 0.897. The number of hydrogen-bond donors (Lipinski definition) is 1. The number of likely N-dealkylation sites (tertiary alicyclic amines) is 1. The lowest BCUT2D eigenvalue weighted by molar-refractivity contribution is -0.149. The van der Waals surface area contributed by atoms with Crippen LogP contribution in [-0.2, 0) is 19.4 Å². The normalized spacial score (nSPS) is 22.0. The van der Waals surface area contributed by atoms with E-state index in [2.05, 4.69) is 0 Å². The molecule has 22 heavy (non-hydrogen) atoms. The summed E-state index contributed by atoms with van der Waals surface area (Å²) in [5.41, 5.74) is 0. The summed E-state index contributed by atoms with van der Waals surface area (Å²) in [6.07, 6.45) is -0.0784. The van der Waals surface area contributed by atoms with Crippen molar-refractivity contribution in [1.29, 1.82) is 0 Å². The van der Waals surface area contributed by atoms with Crippen molar-refractivity contribution in [2.75, 3.05) is 6.54 Å². The third-order valence-corrected chi connectivity index (χ3v) is 5.98. The van der Waals surface area contributed by atoms with Gasteiger partial charge in [0, 0.05) is 12.5 Å². The van der Waals surface area contributed by atoms with Crippen LogP contribution >= 0.6 is 0 Å². The maximum atomic E-state index is 12.6. The Kier molecular flexibility index (Phi) is 4.55. The van der Waals surface area contributed by atoms with Crippen molar-refractivity contribution in [1.82, 2.24) is 4.90 Å². The fourth-order valence-corrected chi connectivity index (χ4v) is 4.35. The molecule has 1 saturated heterocycles. The molecule has 0 radical (unpaired) electrons. The fraction of sp³-hybridized carbons (Fsp3) is 0.467. The number of hydrogen-bond acceptors (Lipinski definition) is 4. The van der Waals surface area contributed by atoms with Gasteiger partial charge < -0.3 is 10.0 Å². The lowest BCUT2D eigenvalue weighted by Gasteiger charge is -2.23. The van der Waals surface area contributed by atoms with Crippen LogP contribution in [0.3, 0.4) is 0 Å². The first kappa shape index (κ1) is 16.5. The van der Waals surface area contributed by atoms with E-state index in [9.17, 15) is 23.1 Å². The van der Waals surface area contributed by atoms with Crippen molar-refractivity contribution in [2.45, 2.75) is 36.5 Å². The van der Waals surface area contributed by atoms with Gasteiger partial charge in [-0.2, -0.15) is 0 Å². The summed E-state index contributed by atoms with van der Waals surface area (Å²) >= 11 is 0. The molecule has 1 fully saturated rings. The van der Waals surface area contributed by atoms with Crippen molar-refractivity contribution in [3.8, 4) is 0 Å². The van der Waals surface area contributed by atoms with Crippen LogP contribution in [0.25, 0.3) is 0 Å². The van der Waals surface area contributed by atoms with E-state index in [0.29, 0.717) is 0 Å². The second-order valence-electron chi connectivity index (χ2n) is 5.72. The molecule has 0 aromatic heterocycles. The van der Waals surface area contributed by atoms with Crippen molar-refractivity contribution in [2.24, 2.45) is 5.92 Å². The van der Waals surface area contributed by atoms with Gasteiger partial charge in [0.2, 0.25) is 5.91 Å². The van der Waals surface area contributed by atoms with E-state index < -0.39 is 27.1 Å². The molecule has 7 heteroatoms. The Morgan fingerprint density at radius 1 is 1.23 bits per heavy atom. The van der Waals surface area contributed by atoms with Crippen molar-refractivity contribution < 1.29 is 23.1 Å². The van der Waals surface area contributed by atoms with Crippen LogP contribution in [0.2, 0.25) is 0 Å². The van der Waals surface area contributed by atoms with Crippen LogP contribution < -0.4 is 0 Å². The summed E-state index contributed by atoms with van der Waals surface area (Å²) in [5.74, 6) is -1.88. The van der Waals surface area contributed by atoms with Gasteiger partial charge >= 0.3 is 5.97 Å². The SMILES string of the molecule is CC(C)C(=O)N1C[C@H](S(=O)(=O)c2ccccc2)C[C@H]1C(=O)O. The minimum absolute atomic E-state index is 0.0782. The number of rotatable bonds is 4. The number of carbonyl (C=O) groups excluding carboxylic acids is 1. The minimum atomic E-state index is -3.65. The zero-order valence-corrected chi connectivity index (χ0v) is 13.3. The molecule has 1 aliphatic rings. The van der Waals surface area contributed by atoms with Crippen molar-refractivity contribution >= 4 is 21.7 Å². The zero-order chi connectivity index (χ0) is 16.5. The Morgan fingerprint density at radius 3 is 2.32 bits per heavy atom. The standard InChI is InChI=1S/C15H19NO5S/c1-10(2)14(17)16-9-12(8-13(16)15(18)19)22(20,21)11-6-4-3-5-7-11/h3-7,10,12-13H,8-9H2,1-2H3,(H,18,19)/t12-,13+/m1/s1. The number of amides is 1. The largest absolute Gasteiger partial charge is 0.480 e. The summed E-state index contributed by atoms with van der Waals surface area (Å²) in [5, 5.41) is 8.39. The molecule has 0 aliphatic carbocycles. The van der Waals surface area contributed by atoms with Crippen molar-refractivity contribution in [3.63, 3.8) is 0 Å². The third kappa shape index (κ3) is 2.99. The molecule has 1 aromatic carbocycles. The Balaban J connectivity index is 2.32. The van der Waals surface area contributed by atoms with Gasteiger partial charge in [0.25, 0.3) is 0 Å². The van der Waals surface area contributed by atoms with Gasteiger partial charge in [-0.05, 0) is 18.6 Å². The highest BCUT2D eigenvalue weighted by Gasteiger charge is 2.45. The van der Waals surface area contributed by atoms with E-state index in [1.54, 1.807) is 32.0 Å². The second-order valence-corrected chi connectivity index (χ2v) is 7.94. The highest BCUT2D eigenvalue weighted by atomic mass is 32.2. The maximum Gasteiger partial charge on any atom is 0.326 e. The van der Waals surface area contributed by atoms with Crippen molar-refractivity contribution in [3.05, 3.63) is 30.3 Å². The molecule has 0 saturated carbocycles. The number of aliphatic carboxylic acids is 1. The number of carboxylic acid groups (broad SMARTS) is 1. The van der Waals surface area contributed by atoms with E-state index in [-0.39, 0.29) is 29.7 Å². The average molecular weight is 325 g/mol. The predicted octanol–water partition coefficient (Wildman–Crippen LogP) is 1.17. The molecule has 1 amide bonds. The maximum absolute atomic E-state index is 12.6. The Bertz CT molecular complexity index is 668. The average Bonchev–Trinajstić information content (AvgIpc) is 2.93. The molecule has 1 aliphatic heterocycles. The van der Waals surface area contributed by atoms with E-state index in [1.807, 2.05) is 0 Å². The Hall–Kier alpha value is -1.89. The van der Waals surface area contributed by atoms with Gasteiger partial charge in [-0.15, -0.1) is 0 Å². The number of nitrogens with zero attached hydrogens (tertiary/aromatic N) is 1. The molecular weight excluding hydrogens is 306 g/mol. The van der Waals surface area contributed by atoms with Crippen LogP contribution in [0.1, 0.15) is 20.3 Å². The summed E-state index contributed by atoms with van der Waals surface area (Å²) in [6, 6.07) is 6.83. The first-order valence-corrected chi connectivity index (χ1v) is 8.62. The lowest BCUT2D eigenvalue weighted by Crippen LogP contribution is -2.42. The number of carboxylic acids is 1. The van der Waals surface area contributed by atoms with Gasteiger partial charge in [0.15, 0.2) is 9.84 Å². The summed E-state index contributed by atoms with van der Waals surface area (Å²) in [7, 11) is -3.65. The third-order valence-electron chi connectivity index (χ3n) is 3.84. The molecule has 2 atom stereocenters. The molecule has 0 bridgehead atoms. The molecule has 2 rings (SSSR count). The monoisotopic (exact) mass is 325 g/mol. The second kappa shape index (κ2) is 6.08. The number of sulfone groups is 1. The molecular formula is C15H19NO5S. The summed E-state index contributed by atoms with van der Waals surface area (Å²) < 4.78 is 25.2. The predicted molar refractivity (Wildman–Crippen MR) is 80.0 cm³/mol. The molecule has 1 N–H and O–H groups in total. The van der Waals surface area contributed by atoms with E-state index in [4.69, 9.17) is 0 Å². The van der Waals surface area contributed by atoms with Gasteiger partial charge in [-0.25, -0.2) is 13.2 Å². The zero-order valence-electron chi connectivity index (χ0n) is 12.5. The lowest BCUT2D eigenvalue weighted by atomic mass is 10.1. The van der Waals surface area contributed by atoms with Gasteiger partial charge in [0.05, 0.1) is 10.1 Å². The van der Waals surface area contributed by atoms with Gasteiger partial charge in [0.1, 0.15) is 6.04 Å². The Morgan fingerprint density at radius 2 is 1.82 bits per heavy atom. The van der Waals surface area contributed by atoms with E-state index in [1.165, 1.54) is 17.0 Å². The topological polar surface area (TPSA) is 91.8 Å². The molecule has 0 spiro atoms. The minimum Gasteiger partial charge on any atom is -0.480 e. The highest BCUT2D eigenvalue weighted by Crippen LogP contribution is 2.29. The molecule has 6 nitrogen and oxygen atoms in total. The molecule has 0 unspecified atom stereocenters. The molecule has 120 valence electrons. The highest BCUT2D eigenvalue weighted by molar-refractivity contribution is 7.92. The van der Waals surface area contributed by atoms with E-state index >= 15 is 0 Å². The van der Waals surface area contributed by atoms with Gasteiger partial charge in [-0.1, -0.05) is 32.0 Å². The first-order chi connectivity index (χ1) is 10.2.